The second-order valence-corrected chi connectivity index (χ2v) is 7.75. The zero-order valence-electron chi connectivity index (χ0n) is 15.2. The molecule has 0 aromatic carbocycles. The summed E-state index contributed by atoms with van der Waals surface area (Å²) in [5.74, 6) is 0.486. The van der Waals surface area contributed by atoms with Gasteiger partial charge >= 0.3 is 5.97 Å². The van der Waals surface area contributed by atoms with Gasteiger partial charge in [-0.15, -0.1) is 0 Å². The molecule has 1 saturated heterocycles. The lowest BCUT2D eigenvalue weighted by Crippen LogP contribution is -2.53. The Bertz CT molecular complexity index is 453. The minimum absolute atomic E-state index is 0.0274. The van der Waals surface area contributed by atoms with Crippen LogP contribution >= 0.6 is 0 Å². The zero-order chi connectivity index (χ0) is 17.9. The predicted octanol–water partition coefficient (Wildman–Crippen LogP) is 2.16. The number of hydrogen-bond donors (Lipinski definition) is 1. The van der Waals surface area contributed by atoms with Crippen LogP contribution in [0.1, 0.15) is 47.0 Å². The van der Waals surface area contributed by atoms with Crippen molar-refractivity contribution in [2.75, 3.05) is 19.7 Å². The number of ether oxygens (including phenoxy) is 2. The number of carbonyl (C=O) groups excluding carboxylic acids is 1. The van der Waals surface area contributed by atoms with Crippen LogP contribution in [0.3, 0.4) is 0 Å². The average Bonchev–Trinajstić information content (AvgIpc) is 2.51. The van der Waals surface area contributed by atoms with E-state index in [9.17, 15) is 9.59 Å². The lowest BCUT2D eigenvalue weighted by atomic mass is 9.75. The molecule has 0 aromatic heterocycles. The third-order valence-electron chi connectivity index (χ3n) is 5.27. The van der Waals surface area contributed by atoms with Crippen LogP contribution in [-0.4, -0.2) is 59.9 Å². The second kappa shape index (κ2) is 8.30. The Morgan fingerprint density at radius 2 is 1.96 bits per heavy atom. The maximum atomic E-state index is 12.5. The summed E-state index contributed by atoms with van der Waals surface area (Å²) in [5.41, 5.74) is 0. The van der Waals surface area contributed by atoms with Gasteiger partial charge in [0, 0.05) is 6.54 Å². The Morgan fingerprint density at radius 3 is 2.58 bits per heavy atom. The molecule has 4 unspecified atom stereocenters. The lowest BCUT2D eigenvalue weighted by Gasteiger charge is -2.38. The summed E-state index contributed by atoms with van der Waals surface area (Å²) in [6, 6.07) is 0. The molecule has 1 aliphatic heterocycles. The summed E-state index contributed by atoms with van der Waals surface area (Å²) >= 11 is 0. The standard InChI is InChI=1S/C18H31NO5/c1-11(2)14-6-5-12(3)7-15(14)23-10-17(20)19-8-13(4)24-16(9-19)18(21)22/h11-16H,5-10H2,1-4H3,(H,21,22)/t12?,13-,14?,15?,16?/m1/s1. The number of nitrogens with zero attached hydrogens (tertiary/aromatic N) is 1. The number of rotatable bonds is 5. The highest BCUT2D eigenvalue weighted by molar-refractivity contribution is 5.79. The van der Waals surface area contributed by atoms with Crippen LogP contribution in [0.2, 0.25) is 0 Å². The topological polar surface area (TPSA) is 76.1 Å². The van der Waals surface area contributed by atoms with Gasteiger partial charge in [-0.25, -0.2) is 4.79 Å². The third kappa shape index (κ3) is 4.93. The van der Waals surface area contributed by atoms with E-state index >= 15 is 0 Å². The van der Waals surface area contributed by atoms with Crippen molar-refractivity contribution in [2.45, 2.75) is 65.3 Å². The Kier molecular flexibility index (Phi) is 6.63. The molecule has 2 fully saturated rings. The molecule has 24 heavy (non-hydrogen) atoms. The summed E-state index contributed by atoms with van der Waals surface area (Å²) in [7, 11) is 0. The van der Waals surface area contributed by atoms with Gasteiger partial charge in [0.05, 0.1) is 18.8 Å². The first-order valence-electron chi connectivity index (χ1n) is 9.05. The number of carboxylic acids is 1. The Hall–Kier alpha value is -1.14. The SMILES string of the molecule is CC1CCC(C(C)C)C(OCC(=O)N2CC(C(=O)O)O[C@H](C)C2)C1. The molecule has 1 saturated carbocycles. The molecular weight excluding hydrogens is 310 g/mol. The second-order valence-electron chi connectivity index (χ2n) is 7.75. The van der Waals surface area contributed by atoms with Crippen LogP contribution in [-0.2, 0) is 19.1 Å². The summed E-state index contributed by atoms with van der Waals surface area (Å²) in [6.07, 6.45) is 2.25. The molecule has 0 bridgehead atoms. The van der Waals surface area contributed by atoms with Crippen LogP contribution in [0.4, 0.5) is 0 Å². The highest BCUT2D eigenvalue weighted by Gasteiger charge is 2.35. The number of amides is 1. The van der Waals surface area contributed by atoms with Gasteiger partial charge in [-0.2, -0.15) is 0 Å². The van der Waals surface area contributed by atoms with Gasteiger partial charge in [-0.1, -0.05) is 27.2 Å². The predicted molar refractivity (Wildman–Crippen MR) is 89.6 cm³/mol. The zero-order valence-corrected chi connectivity index (χ0v) is 15.2. The summed E-state index contributed by atoms with van der Waals surface area (Å²) in [6.45, 7) is 8.97. The maximum Gasteiger partial charge on any atom is 0.334 e. The van der Waals surface area contributed by atoms with E-state index in [2.05, 4.69) is 20.8 Å². The van der Waals surface area contributed by atoms with Crippen LogP contribution in [0, 0.1) is 17.8 Å². The highest BCUT2D eigenvalue weighted by Crippen LogP contribution is 2.35. The van der Waals surface area contributed by atoms with Crippen molar-refractivity contribution < 1.29 is 24.2 Å². The monoisotopic (exact) mass is 341 g/mol. The molecule has 5 atom stereocenters. The fraction of sp³-hybridized carbons (Fsp3) is 0.889. The number of aliphatic carboxylic acids is 1. The molecule has 0 spiro atoms. The van der Waals surface area contributed by atoms with E-state index in [4.69, 9.17) is 14.6 Å². The molecule has 1 heterocycles. The molecule has 0 radical (unpaired) electrons. The number of hydrogen-bond acceptors (Lipinski definition) is 4. The van der Waals surface area contributed by atoms with Crippen LogP contribution < -0.4 is 0 Å². The van der Waals surface area contributed by atoms with Crippen molar-refractivity contribution in [3.05, 3.63) is 0 Å². The number of morpholine rings is 1. The quantitative estimate of drug-likeness (QED) is 0.829. The third-order valence-corrected chi connectivity index (χ3v) is 5.27. The summed E-state index contributed by atoms with van der Waals surface area (Å²) in [4.78, 5) is 25.2. The highest BCUT2D eigenvalue weighted by atomic mass is 16.5. The lowest BCUT2D eigenvalue weighted by molar-refractivity contribution is -0.169. The molecule has 2 rings (SSSR count). The van der Waals surface area contributed by atoms with Gasteiger partial charge in [0.15, 0.2) is 6.10 Å². The fourth-order valence-corrected chi connectivity index (χ4v) is 3.87. The smallest absolute Gasteiger partial charge is 0.334 e. The summed E-state index contributed by atoms with van der Waals surface area (Å²) in [5, 5.41) is 9.12. The van der Waals surface area contributed by atoms with Crippen LogP contribution in [0.15, 0.2) is 0 Å². The first kappa shape index (κ1) is 19.2. The Labute approximate surface area is 144 Å². The van der Waals surface area contributed by atoms with Crippen molar-refractivity contribution in [3.63, 3.8) is 0 Å². The van der Waals surface area contributed by atoms with E-state index in [0.29, 0.717) is 24.3 Å². The Balaban J connectivity index is 1.90. The Morgan fingerprint density at radius 1 is 1.25 bits per heavy atom. The molecule has 6 nitrogen and oxygen atoms in total. The van der Waals surface area contributed by atoms with E-state index in [1.807, 2.05) is 0 Å². The van der Waals surface area contributed by atoms with E-state index in [0.717, 1.165) is 12.8 Å². The maximum absolute atomic E-state index is 12.5. The minimum atomic E-state index is -1.03. The largest absolute Gasteiger partial charge is 0.479 e. The molecule has 1 amide bonds. The van der Waals surface area contributed by atoms with Crippen molar-refractivity contribution in [1.82, 2.24) is 4.90 Å². The molecule has 1 N–H and O–H groups in total. The van der Waals surface area contributed by atoms with Crippen LogP contribution in [0.25, 0.3) is 0 Å². The van der Waals surface area contributed by atoms with E-state index < -0.39 is 12.1 Å². The van der Waals surface area contributed by atoms with Gasteiger partial charge in [-0.3, -0.25) is 4.79 Å². The minimum Gasteiger partial charge on any atom is -0.479 e. The first-order chi connectivity index (χ1) is 11.3. The van der Waals surface area contributed by atoms with E-state index in [1.165, 1.54) is 6.42 Å². The molecular formula is C18H31NO5. The molecule has 6 heteroatoms. The number of carboxylic acid groups (broad SMARTS) is 1. The average molecular weight is 341 g/mol. The van der Waals surface area contributed by atoms with Gasteiger partial charge in [0.1, 0.15) is 6.61 Å². The number of carbonyl (C=O) groups is 2. The van der Waals surface area contributed by atoms with Gasteiger partial charge < -0.3 is 19.5 Å². The van der Waals surface area contributed by atoms with Gasteiger partial charge in [0.2, 0.25) is 5.91 Å². The van der Waals surface area contributed by atoms with Crippen molar-refractivity contribution in [1.29, 1.82) is 0 Å². The van der Waals surface area contributed by atoms with E-state index in [-0.39, 0.29) is 31.3 Å². The molecule has 0 aromatic rings. The fourth-order valence-electron chi connectivity index (χ4n) is 3.87. The van der Waals surface area contributed by atoms with Crippen molar-refractivity contribution >= 4 is 11.9 Å². The van der Waals surface area contributed by atoms with Crippen molar-refractivity contribution in [3.8, 4) is 0 Å². The molecule has 1 aliphatic carbocycles. The van der Waals surface area contributed by atoms with E-state index in [1.54, 1.807) is 11.8 Å². The molecule has 138 valence electrons. The van der Waals surface area contributed by atoms with Gasteiger partial charge in [0.25, 0.3) is 0 Å². The molecule has 2 aliphatic rings. The normalized spacial score (nSPS) is 34.4. The summed E-state index contributed by atoms with van der Waals surface area (Å²) < 4.78 is 11.3. The van der Waals surface area contributed by atoms with Crippen LogP contribution in [0.5, 0.6) is 0 Å². The first-order valence-corrected chi connectivity index (χ1v) is 9.05. The van der Waals surface area contributed by atoms with Gasteiger partial charge in [-0.05, 0) is 37.5 Å². The van der Waals surface area contributed by atoms with Crippen molar-refractivity contribution in [2.24, 2.45) is 17.8 Å².